The Morgan fingerprint density at radius 2 is 1.86 bits per heavy atom. The second-order valence-corrected chi connectivity index (χ2v) is 7.94. The van der Waals surface area contributed by atoms with Gasteiger partial charge in [0.1, 0.15) is 18.2 Å². The number of rotatable bonds is 6. The van der Waals surface area contributed by atoms with Crippen LogP contribution in [0.25, 0.3) is 0 Å². The lowest BCUT2D eigenvalue weighted by Gasteiger charge is -2.21. The van der Waals surface area contributed by atoms with Crippen LogP contribution >= 0.6 is 11.8 Å². The minimum Gasteiger partial charge on any atom is -0.486 e. The van der Waals surface area contributed by atoms with E-state index in [1.54, 1.807) is 0 Å². The summed E-state index contributed by atoms with van der Waals surface area (Å²) in [5, 5.41) is 3.45. The van der Waals surface area contributed by atoms with Crippen LogP contribution in [0, 0.1) is 20.8 Å². The average molecular weight is 416 g/mol. The number of ether oxygens (including phenoxy) is 2. The Balaban J connectivity index is 1.67. The van der Waals surface area contributed by atoms with E-state index in [2.05, 4.69) is 10.3 Å². The maximum atomic E-state index is 12.5. The Labute approximate surface area is 174 Å². The number of primary amides is 1. The SMILES string of the molecule is Cc1nc(SCC(=O)N[C@@H](C)c2ccc3c(c2)OCCO3)c(C(N)=O)c(C)c1C. The average Bonchev–Trinajstić information content (AvgIpc) is 2.69. The molecule has 0 saturated carbocycles. The van der Waals surface area contributed by atoms with Crippen LogP contribution in [0.3, 0.4) is 0 Å². The molecular formula is C21H25N3O4S. The summed E-state index contributed by atoms with van der Waals surface area (Å²) in [6.45, 7) is 8.58. The molecule has 2 heterocycles. The highest BCUT2D eigenvalue weighted by atomic mass is 32.2. The van der Waals surface area contributed by atoms with Gasteiger partial charge in [-0.1, -0.05) is 17.8 Å². The van der Waals surface area contributed by atoms with Crippen LogP contribution < -0.4 is 20.5 Å². The first-order valence-electron chi connectivity index (χ1n) is 9.37. The molecule has 0 spiro atoms. The van der Waals surface area contributed by atoms with Crippen molar-refractivity contribution < 1.29 is 19.1 Å². The predicted octanol–water partition coefficient (Wildman–Crippen LogP) is 2.85. The molecule has 1 aromatic heterocycles. The van der Waals surface area contributed by atoms with Crippen molar-refractivity contribution in [2.45, 2.75) is 38.8 Å². The summed E-state index contributed by atoms with van der Waals surface area (Å²) in [6.07, 6.45) is 0. The van der Waals surface area contributed by atoms with Crippen molar-refractivity contribution in [3.05, 3.63) is 46.1 Å². The van der Waals surface area contributed by atoms with Gasteiger partial charge in [-0.15, -0.1) is 0 Å². The molecule has 3 rings (SSSR count). The molecule has 0 aliphatic carbocycles. The Hall–Kier alpha value is -2.74. The van der Waals surface area contributed by atoms with Gasteiger partial charge in [-0.2, -0.15) is 0 Å². The maximum absolute atomic E-state index is 12.5. The largest absolute Gasteiger partial charge is 0.486 e. The summed E-state index contributed by atoms with van der Waals surface area (Å²) in [4.78, 5) is 28.8. The summed E-state index contributed by atoms with van der Waals surface area (Å²) in [6, 6.07) is 5.43. The minimum atomic E-state index is -0.536. The van der Waals surface area contributed by atoms with E-state index in [4.69, 9.17) is 15.2 Å². The summed E-state index contributed by atoms with van der Waals surface area (Å²) in [5.41, 5.74) is 9.39. The molecule has 8 heteroatoms. The van der Waals surface area contributed by atoms with E-state index in [-0.39, 0.29) is 17.7 Å². The zero-order valence-corrected chi connectivity index (χ0v) is 17.8. The number of pyridine rings is 1. The number of hydrogen-bond acceptors (Lipinski definition) is 6. The van der Waals surface area contributed by atoms with Crippen molar-refractivity contribution >= 4 is 23.6 Å². The Kier molecular flexibility index (Phi) is 6.32. The first-order valence-corrected chi connectivity index (χ1v) is 10.4. The number of nitrogens with two attached hydrogens (primary N) is 1. The summed E-state index contributed by atoms with van der Waals surface area (Å²) in [5.74, 6) is 0.829. The van der Waals surface area contributed by atoms with Crippen molar-refractivity contribution in [1.82, 2.24) is 10.3 Å². The van der Waals surface area contributed by atoms with Gasteiger partial charge in [0.05, 0.1) is 17.4 Å². The number of nitrogens with zero attached hydrogens (tertiary/aromatic N) is 1. The van der Waals surface area contributed by atoms with Crippen molar-refractivity contribution in [3.63, 3.8) is 0 Å². The predicted molar refractivity (Wildman–Crippen MR) is 112 cm³/mol. The van der Waals surface area contributed by atoms with Crippen molar-refractivity contribution in [2.24, 2.45) is 5.73 Å². The first-order chi connectivity index (χ1) is 13.8. The van der Waals surface area contributed by atoms with Crippen LogP contribution in [0.2, 0.25) is 0 Å². The number of carbonyl (C=O) groups excluding carboxylic acids is 2. The molecule has 2 amide bonds. The molecule has 0 unspecified atom stereocenters. The molecule has 3 N–H and O–H groups in total. The Bertz CT molecular complexity index is 961. The summed E-state index contributed by atoms with van der Waals surface area (Å²) < 4.78 is 11.1. The molecule has 1 aliphatic heterocycles. The molecule has 1 atom stereocenters. The van der Waals surface area contributed by atoms with Gasteiger partial charge in [-0.05, 0) is 56.5 Å². The monoisotopic (exact) mass is 415 g/mol. The summed E-state index contributed by atoms with van der Waals surface area (Å²) >= 11 is 1.21. The number of aryl methyl sites for hydroxylation is 1. The van der Waals surface area contributed by atoms with Gasteiger partial charge in [0, 0.05) is 5.69 Å². The normalized spacial score (nSPS) is 13.7. The van der Waals surface area contributed by atoms with E-state index in [0.29, 0.717) is 35.3 Å². The van der Waals surface area contributed by atoms with E-state index in [1.807, 2.05) is 45.9 Å². The molecule has 29 heavy (non-hydrogen) atoms. The fourth-order valence-electron chi connectivity index (χ4n) is 3.14. The van der Waals surface area contributed by atoms with Gasteiger partial charge in [0.25, 0.3) is 5.91 Å². The number of aromatic nitrogens is 1. The Morgan fingerprint density at radius 3 is 2.55 bits per heavy atom. The number of thioether (sulfide) groups is 1. The molecule has 2 aromatic rings. The highest BCUT2D eigenvalue weighted by molar-refractivity contribution is 8.00. The molecule has 0 saturated heterocycles. The van der Waals surface area contributed by atoms with Gasteiger partial charge in [0.2, 0.25) is 5.91 Å². The van der Waals surface area contributed by atoms with Gasteiger partial charge in [-0.25, -0.2) is 4.98 Å². The van der Waals surface area contributed by atoms with Gasteiger partial charge >= 0.3 is 0 Å². The van der Waals surface area contributed by atoms with Crippen LogP contribution in [0.1, 0.15) is 45.7 Å². The number of fused-ring (bicyclic) bond motifs is 1. The molecule has 0 radical (unpaired) electrons. The lowest BCUT2D eigenvalue weighted by molar-refractivity contribution is -0.119. The molecule has 0 fully saturated rings. The van der Waals surface area contributed by atoms with E-state index < -0.39 is 5.91 Å². The molecule has 154 valence electrons. The molecule has 0 bridgehead atoms. The van der Waals surface area contributed by atoms with Gasteiger partial charge < -0.3 is 20.5 Å². The van der Waals surface area contributed by atoms with E-state index in [0.717, 1.165) is 22.4 Å². The zero-order valence-electron chi connectivity index (χ0n) is 17.0. The van der Waals surface area contributed by atoms with Crippen molar-refractivity contribution in [1.29, 1.82) is 0 Å². The number of benzene rings is 1. The van der Waals surface area contributed by atoms with E-state index in [9.17, 15) is 9.59 Å². The standard InChI is InChI=1S/C21H25N3O4S/c1-11-12(2)19(20(22)26)21(24-13(11)3)29-10-18(25)23-14(4)15-5-6-16-17(9-15)28-8-7-27-16/h5-6,9,14H,7-8,10H2,1-4H3,(H2,22,26)(H,23,25)/t14-/m0/s1. The minimum absolute atomic E-state index is 0.129. The highest BCUT2D eigenvalue weighted by Crippen LogP contribution is 2.32. The fraction of sp³-hybridized carbons (Fsp3) is 0.381. The first kappa shape index (κ1) is 21.0. The van der Waals surface area contributed by atoms with Crippen LogP contribution in [0.4, 0.5) is 0 Å². The van der Waals surface area contributed by atoms with Gasteiger partial charge in [-0.3, -0.25) is 9.59 Å². The van der Waals surface area contributed by atoms with Gasteiger partial charge in [0.15, 0.2) is 11.5 Å². The third-order valence-electron chi connectivity index (χ3n) is 4.99. The molecule has 1 aromatic carbocycles. The van der Waals surface area contributed by atoms with Crippen LogP contribution in [0.15, 0.2) is 23.2 Å². The lowest BCUT2D eigenvalue weighted by atomic mass is 10.0. The second-order valence-electron chi connectivity index (χ2n) is 6.97. The fourth-order valence-corrected chi connectivity index (χ4v) is 4.09. The number of amides is 2. The smallest absolute Gasteiger partial charge is 0.251 e. The topological polar surface area (TPSA) is 104 Å². The molecular weight excluding hydrogens is 390 g/mol. The lowest BCUT2D eigenvalue weighted by Crippen LogP contribution is -2.28. The number of nitrogens with one attached hydrogen (secondary N) is 1. The Morgan fingerprint density at radius 1 is 1.17 bits per heavy atom. The van der Waals surface area contributed by atoms with Crippen molar-refractivity contribution in [2.75, 3.05) is 19.0 Å². The number of carbonyl (C=O) groups is 2. The summed E-state index contributed by atoms with van der Waals surface area (Å²) in [7, 11) is 0. The van der Waals surface area contributed by atoms with Crippen LogP contribution in [-0.2, 0) is 4.79 Å². The van der Waals surface area contributed by atoms with E-state index >= 15 is 0 Å². The zero-order chi connectivity index (χ0) is 21.1. The quantitative estimate of drug-likeness (QED) is 0.703. The van der Waals surface area contributed by atoms with E-state index in [1.165, 1.54) is 11.8 Å². The molecule has 7 nitrogen and oxygen atoms in total. The van der Waals surface area contributed by atoms with Crippen molar-refractivity contribution in [3.8, 4) is 11.5 Å². The highest BCUT2D eigenvalue weighted by Gasteiger charge is 2.20. The third kappa shape index (κ3) is 4.64. The third-order valence-corrected chi connectivity index (χ3v) is 5.97. The van der Waals surface area contributed by atoms with Crippen LogP contribution in [-0.4, -0.2) is 35.8 Å². The number of hydrogen-bond donors (Lipinski definition) is 2. The second kappa shape index (κ2) is 8.73. The maximum Gasteiger partial charge on any atom is 0.251 e. The van der Waals surface area contributed by atoms with Crippen LogP contribution in [0.5, 0.6) is 11.5 Å². The molecule has 1 aliphatic rings.